The number of nitrogens with one attached hydrogen (secondary N) is 1. The quantitative estimate of drug-likeness (QED) is 0.168. The van der Waals surface area contributed by atoms with Crippen molar-refractivity contribution in [1.29, 1.82) is 5.41 Å². The highest BCUT2D eigenvalue weighted by molar-refractivity contribution is 5.96. The van der Waals surface area contributed by atoms with Gasteiger partial charge in [0.2, 0.25) is 0 Å². The molecule has 0 aromatic heterocycles. The summed E-state index contributed by atoms with van der Waals surface area (Å²) in [5, 5.41) is 8.06. The standard InChI is InChI=1S/C30H44N4.C2H7N/c1-5-6-9-25(23(17-31)19-34-24-15-20(2)14-21(3)16-24)26-10-7-8-11-27(26)30-22(4)12-13-29(33)28(30)18-32;1-2-3/h9,12-13,17-21,24,32H,5-8,10-11,14-16,31,33H2,1-4H3;2-3H2,1H3/b23-17+,25-9+,32-18?,34-19?;/t20-,21+,24?;. The molecule has 1 saturated carbocycles. The summed E-state index contributed by atoms with van der Waals surface area (Å²) in [6.45, 7) is 11.7. The van der Waals surface area contributed by atoms with Gasteiger partial charge in [-0.2, -0.15) is 0 Å². The summed E-state index contributed by atoms with van der Waals surface area (Å²) < 4.78 is 0. The number of hydrogen-bond acceptors (Lipinski definition) is 5. The Balaban J connectivity index is 0.00000153. The third-order valence-electron chi connectivity index (χ3n) is 7.43. The van der Waals surface area contributed by atoms with Gasteiger partial charge in [0.1, 0.15) is 0 Å². The average Bonchev–Trinajstić information content (AvgIpc) is 2.87. The second kappa shape index (κ2) is 15.6. The van der Waals surface area contributed by atoms with Crippen molar-refractivity contribution in [3.8, 4) is 0 Å². The number of allylic oxidation sites excluding steroid dienone is 5. The number of unbranched alkanes of at least 4 members (excludes halogenated alkanes) is 1. The SMILES string of the molecule is CCC/C=C(C1=C(c2c(C)ccc(N)c2C=N)CCCC1)\C(C=NC1C[C@@H](C)C[C@@H](C)C1)=C\N.CCN. The molecule has 2 aliphatic rings. The summed E-state index contributed by atoms with van der Waals surface area (Å²) in [7, 11) is 0. The lowest BCUT2D eigenvalue weighted by atomic mass is 9.78. The van der Waals surface area contributed by atoms with Crippen LogP contribution in [0, 0.1) is 24.2 Å². The predicted molar refractivity (Wildman–Crippen MR) is 163 cm³/mol. The molecule has 1 unspecified atom stereocenters. The van der Waals surface area contributed by atoms with Gasteiger partial charge in [-0.15, -0.1) is 0 Å². The maximum Gasteiger partial charge on any atom is 0.0504 e. The molecule has 0 spiro atoms. The Hall–Kier alpha value is -2.66. The number of hydrogen-bond donors (Lipinski definition) is 4. The summed E-state index contributed by atoms with van der Waals surface area (Å²) in [4.78, 5) is 5.05. The normalized spacial score (nSPS) is 23.1. The number of anilines is 1. The van der Waals surface area contributed by atoms with Crippen LogP contribution in [-0.4, -0.2) is 25.0 Å². The number of nitrogens with two attached hydrogens (primary N) is 3. The fourth-order valence-corrected chi connectivity index (χ4v) is 5.90. The van der Waals surface area contributed by atoms with E-state index >= 15 is 0 Å². The molecule has 1 fully saturated rings. The van der Waals surface area contributed by atoms with Crippen molar-refractivity contribution in [2.75, 3.05) is 12.3 Å². The van der Waals surface area contributed by atoms with Gasteiger partial charge in [0.15, 0.2) is 0 Å². The molecule has 3 atom stereocenters. The zero-order valence-corrected chi connectivity index (χ0v) is 23.9. The Morgan fingerprint density at radius 1 is 1.08 bits per heavy atom. The molecule has 0 bridgehead atoms. The molecule has 37 heavy (non-hydrogen) atoms. The van der Waals surface area contributed by atoms with E-state index < -0.39 is 0 Å². The zero-order valence-electron chi connectivity index (χ0n) is 23.9. The van der Waals surface area contributed by atoms with Crippen LogP contribution < -0.4 is 17.2 Å². The van der Waals surface area contributed by atoms with E-state index in [2.05, 4.69) is 39.8 Å². The van der Waals surface area contributed by atoms with Gasteiger partial charge in [-0.25, -0.2) is 0 Å². The third-order valence-corrected chi connectivity index (χ3v) is 7.43. The summed E-state index contributed by atoms with van der Waals surface area (Å²) in [6.07, 6.45) is 17.6. The van der Waals surface area contributed by atoms with Crippen molar-refractivity contribution in [3.05, 3.63) is 57.8 Å². The summed E-state index contributed by atoms with van der Waals surface area (Å²) in [5.74, 6) is 1.45. The topological polar surface area (TPSA) is 114 Å². The van der Waals surface area contributed by atoms with Crippen molar-refractivity contribution in [3.63, 3.8) is 0 Å². The Morgan fingerprint density at radius 2 is 1.73 bits per heavy atom. The molecule has 0 saturated heterocycles. The molecule has 3 rings (SSSR count). The number of benzene rings is 1. The van der Waals surface area contributed by atoms with Crippen LogP contribution in [0.2, 0.25) is 0 Å². The van der Waals surface area contributed by atoms with Gasteiger partial charge in [-0.3, -0.25) is 4.99 Å². The Bertz CT molecular complexity index is 1000. The van der Waals surface area contributed by atoms with E-state index in [-0.39, 0.29) is 0 Å². The highest BCUT2D eigenvalue weighted by atomic mass is 14.8. The second-order valence-corrected chi connectivity index (χ2v) is 10.9. The fourth-order valence-electron chi connectivity index (χ4n) is 5.90. The van der Waals surface area contributed by atoms with E-state index in [0.29, 0.717) is 11.7 Å². The number of rotatable bonds is 8. The molecule has 0 amide bonds. The highest BCUT2D eigenvalue weighted by Gasteiger charge is 2.25. The maximum atomic E-state index is 8.06. The lowest BCUT2D eigenvalue weighted by molar-refractivity contribution is 0.271. The van der Waals surface area contributed by atoms with Crippen LogP contribution in [0.3, 0.4) is 0 Å². The fraction of sp³-hybridized carbons (Fsp3) is 0.562. The van der Waals surface area contributed by atoms with Crippen molar-refractivity contribution in [2.24, 2.45) is 28.3 Å². The van der Waals surface area contributed by atoms with Crippen LogP contribution in [0.15, 0.2) is 46.1 Å². The van der Waals surface area contributed by atoms with Gasteiger partial charge in [0.25, 0.3) is 0 Å². The van der Waals surface area contributed by atoms with Crippen molar-refractivity contribution in [1.82, 2.24) is 0 Å². The monoisotopic (exact) mass is 505 g/mol. The molecule has 2 aliphatic carbocycles. The zero-order chi connectivity index (χ0) is 27.4. The number of aryl methyl sites for hydroxylation is 1. The van der Waals surface area contributed by atoms with Gasteiger partial charge in [-0.05, 0) is 111 Å². The molecular formula is C32H51N5. The molecule has 5 heteroatoms. The predicted octanol–water partition coefficient (Wildman–Crippen LogP) is 7.33. The highest BCUT2D eigenvalue weighted by Crippen LogP contribution is 2.41. The van der Waals surface area contributed by atoms with Gasteiger partial charge in [0, 0.05) is 35.5 Å². The first-order chi connectivity index (χ1) is 17.8. The van der Waals surface area contributed by atoms with Crippen LogP contribution in [0.5, 0.6) is 0 Å². The molecule has 1 aromatic rings. The molecule has 0 aliphatic heterocycles. The van der Waals surface area contributed by atoms with E-state index in [9.17, 15) is 0 Å². The number of aliphatic imine (C=N–C) groups is 1. The third kappa shape index (κ3) is 8.43. The minimum absolute atomic E-state index is 0.376. The Labute approximate surface area is 225 Å². The molecule has 0 radical (unpaired) electrons. The first-order valence-corrected chi connectivity index (χ1v) is 14.3. The van der Waals surface area contributed by atoms with Gasteiger partial charge >= 0.3 is 0 Å². The largest absolute Gasteiger partial charge is 0.404 e. The van der Waals surface area contributed by atoms with Crippen molar-refractivity contribution < 1.29 is 0 Å². The van der Waals surface area contributed by atoms with E-state index in [1.54, 1.807) is 6.20 Å². The van der Waals surface area contributed by atoms with Crippen molar-refractivity contribution >= 4 is 23.7 Å². The number of nitrogens with zero attached hydrogens (tertiary/aromatic N) is 1. The van der Waals surface area contributed by atoms with E-state index in [4.69, 9.17) is 27.6 Å². The van der Waals surface area contributed by atoms with E-state index in [1.807, 2.05) is 19.2 Å². The molecule has 1 aromatic carbocycles. The van der Waals surface area contributed by atoms with Crippen LogP contribution in [0.1, 0.15) is 102 Å². The second-order valence-electron chi connectivity index (χ2n) is 10.9. The Kier molecular flexibility index (Phi) is 12.9. The van der Waals surface area contributed by atoms with Crippen LogP contribution in [0.4, 0.5) is 5.69 Å². The van der Waals surface area contributed by atoms with Gasteiger partial charge in [-0.1, -0.05) is 46.3 Å². The minimum atomic E-state index is 0.376. The Morgan fingerprint density at radius 3 is 2.32 bits per heavy atom. The van der Waals surface area contributed by atoms with E-state index in [0.717, 1.165) is 86.4 Å². The molecule has 5 nitrogen and oxygen atoms in total. The van der Waals surface area contributed by atoms with Crippen molar-refractivity contribution in [2.45, 2.75) is 98.4 Å². The smallest absolute Gasteiger partial charge is 0.0504 e. The average molecular weight is 506 g/mol. The van der Waals surface area contributed by atoms with Crippen LogP contribution in [-0.2, 0) is 0 Å². The van der Waals surface area contributed by atoms with Crippen LogP contribution >= 0.6 is 0 Å². The van der Waals surface area contributed by atoms with Gasteiger partial charge in [0.05, 0.1) is 6.04 Å². The maximum absolute atomic E-state index is 8.06. The molecular weight excluding hydrogens is 454 g/mol. The van der Waals surface area contributed by atoms with E-state index in [1.165, 1.54) is 34.9 Å². The first-order valence-electron chi connectivity index (χ1n) is 14.3. The van der Waals surface area contributed by atoms with Gasteiger partial charge < -0.3 is 22.6 Å². The molecule has 0 heterocycles. The lowest BCUT2D eigenvalue weighted by Crippen LogP contribution is -2.22. The minimum Gasteiger partial charge on any atom is -0.404 e. The lowest BCUT2D eigenvalue weighted by Gasteiger charge is -2.29. The summed E-state index contributed by atoms with van der Waals surface area (Å²) in [5.41, 5.74) is 26.1. The number of nitrogen functional groups attached to an aromatic ring is 1. The summed E-state index contributed by atoms with van der Waals surface area (Å²) >= 11 is 0. The summed E-state index contributed by atoms with van der Waals surface area (Å²) in [6, 6.07) is 4.38. The molecule has 204 valence electrons. The molecule has 7 N–H and O–H groups in total. The van der Waals surface area contributed by atoms with Crippen LogP contribution in [0.25, 0.3) is 5.57 Å². The first kappa shape index (κ1) is 30.6.